The number of likely N-dealkylation sites (tertiary alicyclic amines) is 1. The molecule has 1 aliphatic heterocycles. The zero-order valence-electron chi connectivity index (χ0n) is 14.3. The molecule has 132 valence electrons. The Morgan fingerprint density at radius 2 is 2.04 bits per heavy atom. The molecule has 4 rings (SSSR count). The van der Waals surface area contributed by atoms with Crippen LogP contribution in [0.3, 0.4) is 0 Å². The average Bonchev–Trinajstić information content (AvgIpc) is 3.34. The molecule has 0 unspecified atom stereocenters. The van der Waals surface area contributed by atoms with E-state index in [2.05, 4.69) is 25.6 Å². The number of amides is 2. The van der Waals surface area contributed by atoms with Crippen molar-refractivity contribution < 1.29 is 4.79 Å². The van der Waals surface area contributed by atoms with Crippen molar-refractivity contribution in [2.45, 2.75) is 44.3 Å². The Hall–Kier alpha value is -2.41. The number of pyridine rings is 1. The van der Waals surface area contributed by atoms with E-state index in [-0.39, 0.29) is 12.1 Å². The second-order valence-electron chi connectivity index (χ2n) is 6.84. The number of nitrogens with one attached hydrogen (secondary N) is 2. The van der Waals surface area contributed by atoms with Crippen molar-refractivity contribution in [2.24, 2.45) is 0 Å². The van der Waals surface area contributed by atoms with Gasteiger partial charge < -0.3 is 15.5 Å². The predicted molar refractivity (Wildman–Crippen MR) is 94.3 cm³/mol. The molecule has 1 aliphatic carbocycles. The molecule has 0 spiro atoms. The number of carbonyl (C=O) groups excluding carboxylic acids is 1. The number of hydrogen-bond donors (Lipinski definition) is 2. The third-order valence-electron chi connectivity index (χ3n) is 4.93. The van der Waals surface area contributed by atoms with Crippen LogP contribution in [0.15, 0.2) is 36.8 Å². The van der Waals surface area contributed by atoms with Crippen molar-refractivity contribution in [3.05, 3.63) is 42.4 Å². The number of piperidine rings is 1. The van der Waals surface area contributed by atoms with Gasteiger partial charge in [0.15, 0.2) is 5.82 Å². The van der Waals surface area contributed by atoms with Crippen molar-refractivity contribution in [3.8, 4) is 5.82 Å². The fourth-order valence-electron chi connectivity index (χ4n) is 3.37. The largest absolute Gasteiger partial charge is 0.335 e. The molecule has 2 aliphatic rings. The molecule has 2 aromatic heterocycles. The van der Waals surface area contributed by atoms with Crippen LogP contribution >= 0.6 is 0 Å². The molecular weight excluding hydrogens is 316 g/mol. The van der Waals surface area contributed by atoms with Crippen LogP contribution in [-0.4, -0.2) is 50.9 Å². The summed E-state index contributed by atoms with van der Waals surface area (Å²) in [7, 11) is 0. The molecule has 1 saturated carbocycles. The lowest BCUT2D eigenvalue weighted by atomic mass is 10.1. The minimum Gasteiger partial charge on any atom is -0.335 e. The minimum atomic E-state index is -0.0951. The molecule has 7 heteroatoms. The summed E-state index contributed by atoms with van der Waals surface area (Å²) in [5.74, 6) is 0.747. The lowest BCUT2D eigenvalue weighted by Gasteiger charge is -2.32. The molecule has 2 N–H and O–H groups in total. The van der Waals surface area contributed by atoms with Gasteiger partial charge >= 0.3 is 6.03 Å². The number of nitrogens with zero attached hydrogens (tertiary/aromatic N) is 4. The van der Waals surface area contributed by atoms with E-state index in [0.717, 1.165) is 43.4 Å². The number of carbonyl (C=O) groups is 1. The molecule has 2 aromatic rings. The Balaban J connectivity index is 1.24. The maximum absolute atomic E-state index is 12.2. The van der Waals surface area contributed by atoms with Crippen LogP contribution in [0.5, 0.6) is 0 Å². The van der Waals surface area contributed by atoms with Crippen molar-refractivity contribution in [1.29, 1.82) is 0 Å². The van der Waals surface area contributed by atoms with Crippen molar-refractivity contribution in [3.63, 3.8) is 0 Å². The van der Waals surface area contributed by atoms with Crippen molar-refractivity contribution in [1.82, 2.24) is 30.3 Å². The SMILES string of the molecule is O=C(NCc1ccnc(-n2cccn2)c1)NC1CCN(C2CC2)CC1. The summed E-state index contributed by atoms with van der Waals surface area (Å²) >= 11 is 0. The fourth-order valence-corrected chi connectivity index (χ4v) is 3.37. The molecule has 2 amide bonds. The van der Waals surface area contributed by atoms with E-state index in [4.69, 9.17) is 0 Å². The smallest absolute Gasteiger partial charge is 0.315 e. The first-order valence-corrected chi connectivity index (χ1v) is 9.01. The molecule has 25 heavy (non-hydrogen) atoms. The van der Waals surface area contributed by atoms with Gasteiger partial charge in [0.05, 0.1) is 0 Å². The minimum absolute atomic E-state index is 0.0951. The van der Waals surface area contributed by atoms with Gasteiger partial charge in [-0.1, -0.05) is 0 Å². The van der Waals surface area contributed by atoms with Gasteiger partial charge in [-0.15, -0.1) is 0 Å². The van der Waals surface area contributed by atoms with Crippen molar-refractivity contribution in [2.75, 3.05) is 13.1 Å². The van der Waals surface area contributed by atoms with Gasteiger partial charge in [0.2, 0.25) is 0 Å². The maximum atomic E-state index is 12.2. The van der Waals surface area contributed by atoms with Gasteiger partial charge in [0.25, 0.3) is 0 Å². The van der Waals surface area contributed by atoms with Crippen LogP contribution in [-0.2, 0) is 6.54 Å². The molecule has 0 bridgehead atoms. The van der Waals surface area contributed by atoms with E-state index in [1.165, 1.54) is 12.8 Å². The Kier molecular flexibility index (Phi) is 4.65. The molecule has 0 radical (unpaired) electrons. The summed E-state index contributed by atoms with van der Waals surface area (Å²) in [5, 5.41) is 10.2. The first kappa shape index (κ1) is 16.1. The van der Waals surface area contributed by atoms with Gasteiger partial charge in [-0.3, -0.25) is 0 Å². The highest BCUT2D eigenvalue weighted by atomic mass is 16.2. The van der Waals surface area contributed by atoms with Crippen LogP contribution < -0.4 is 10.6 Å². The lowest BCUT2D eigenvalue weighted by Crippen LogP contribution is -2.48. The first-order chi connectivity index (χ1) is 12.3. The Labute approximate surface area is 147 Å². The van der Waals surface area contributed by atoms with Crippen LogP contribution in [0.25, 0.3) is 5.82 Å². The monoisotopic (exact) mass is 340 g/mol. The van der Waals surface area contributed by atoms with Gasteiger partial charge in [0, 0.05) is 50.3 Å². The third kappa shape index (κ3) is 4.17. The predicted octanol–water partition coefficient (Wildman–Crippen LogP) is 1.69. The molecule has 0 atom stereocenters. The highest BCUT2D eigenvalue weighted by Crippen LogP contribution is 2.29. The third-order valence-corrected chi connectivity index (χ3v) is 4.93. The first-order valence-electron chi connectivity index (χ1n) is 9.01. The zero-order valence-corrected chi connectivity index (χ0v) is 14.3. The summed E-state index contributed by atoms with van der Waals surface area (Å²) in [4.78, 5) is 19.0. The van der Waals surface area contributed by atoms with Gasteiger partial charge in [-0.2, -0.15) is 5.10 Å². The van der Waals surface area contributed by atoms with Gasteiger partial charge in [-0.05, 0) is 49.4 Å². The zero-order chi connectivity index (χ0) is 17.1. The second-order valence-corrected chi connectivity index (χ2v) is 6.84. The highest BCUT2D eigenvalue weighted by molar-refractivity contribution is 5.74. The molecule has 3 heterocycles. The summed E-state index contributed by atoms with van der Waals surface area (Å²) in [6.45, 7) is 2.68. The lowest BCUT2D eigenvalue weighted by molar-refractivity contribution is 0.186. The molecule has 7 nitrogen and oxygen atoms in total. The molecular formula is C18H24N6O. The number of aromatic nitrogens is 3. The Morgan fingerprint density at radius 3 is 2.76 bits per heavy atom. The van der Waals surface area contributed by atoms with E-state index in [0.29, 0.717) is 6.54 Å². The summed E-state index contributed by atoms with van der Waals surface area (Å²) < 4.78 is 1.71. The van der Waals surface area contributed by atoms with E-state index >= 15 is 0 Å². The van der Waals surface area contributed by atoms with Gasteiger partial charge in [-0.25, -0.2) is 14.5 Å². The van der Waals surface area contributed by atoms with Crippen LogP contribution in [0.4, 0.5) is 4.79 Å². The molecule has 1 saturated heterocycles. The normalized spacial score (nSPS) is 18.9. The fraction of sp³-hybridized carbons (Fsp3) is 0.500. The van der Waals surface area contributed by atoms with Gasteiger partial charge in [0.1, 0.15) is 0 Å². The quantitative estimate of drug-likeness (QED) is 0.869. The molecule has 0 aromatic carbocycles. The number of hydrogen-bond acceptors (Lipinski definition) is 4. The van der Waals surface area contributed by atoms with E-state index in [1.807, 2.05) is 24.4 Å². The van der Waals surface area contributed by atoms with Crippen LogP contribution in [0, 0.1) is 0 Å². The van der Waals surface area contributed by atoms with Crippen LogP contribution in [0.1, 0.15) is 31.2 Å². The standard InChI is InChI=1S/C18H24N6O/c25-18(22-15-5-10-23(11-6-15)16-2-3-16)20-13-14-4-8-19-17(12-14)24-9-1-7-21-24/h1,4,7-9,12,15-16H,2-3,5-6,10-11,13H2,(H2,20,22,25). The number of rotatable bonds is 5. The van der Waals surface area contributed by atoms with E-state index in [9.17, 15) is 4.79 Å². The average molecular weight is 340 g/mol. The topological polar surface area (TPSA) is 75.1 Å². The highest BCUT2D eigenvalue weighted by Gasteiger charge is 2.32. The van der Waals surface area contributed by atoms with E-state index < -0.39 is 0 Å². The molecule has 2 fully saturated rings. The number of urea groups is 1. The van der Waals surface area contributed by atoms with Crippen LogP contribution in [0.2, 0.25) is 0 Å². The Bertz CT molecular complexity index is 704. The maximum Gasteiger partial charge on any atom is 0.315 e. The second kappa shape index (κ2) is 7.23. The van der Waals surface area contributed by atoms with E-state index in [1.54, 1.807) is 17.1 Å². The summed E-state index contributed by atoms with van der Waals surface area (Å²) in [6.07, 6.45) is 10.1. The summed E-state index contributed by atoms with van der Waals surface area (Å²) in [5.41, 5.74) is 0.999. The van der Waals surface area contributed by atoms with Crippen molar-refractivity contribution >= 4 is 6.03 Å². The summed E-state index contributed by atoms with van der Waals surface area (Å²) in [6, 6.07) is 6.71. The Morgan fingerprint density at radius 1 is 1.20 bits per heavy atom.